The molecule has 1 aromatic rings. The summed E-state index contributed by atoms with van der Waals surface area (Å²) in [7, 11) is -3.48. The fourth-order valence-electron chi connectivity index (χ4n) is 1.93. The Bertz CT molecular complexity index is 571. The summed E-state index contributed by atoms with van der Waals surface area (Å²) in [5.74, 6) is 0. The van der Waals surface area contributed by atoms with Gasteiger partial charge >= 0.3 is 0 Å². The van der Waals surface area contributed by atoms with Crippen LogP contribution >= 0.6 is 11.3 Å². The van der Waals surface area contributed by atoms with Gasteiger partial charge in [0.25, 0.3) is 0 Å². The number of hydrogen-bond acceptors (Lipinski definition) is 6. The number of morpholine rings is 1. The van der Waals surface area contributed by atoms with E-state index in [-0.39, 0.29) is 4.21 Å². The molecular weight excluding hydrogens is 298 g/mol. The highest BCUT2D eigenvalue weighted by atomic mass is 32.2. The maximum Gasteiger partial charge on any atom is 0.250 e. The normalized spacial score (nSPS) is 16.9. The van der Waals surface area contributed by atoms with Crippen molar-refractivity contribution in [2.24, 2.45) is 0 Å². The highest BCUT2D eigenvalue weighted by molar-refractivity contribution is 7.91. The topological polar surface area (TPSA) is 82.4 Å². The van der Waals surface area contributed by atoms with E-state index in [9.17, 15) is 8.42 Å². The summed E-state index contributed by atoms with van der Waals surface area (Å²) in [5, 5.41) is 8.70. The Morgan fingerprint density at radius 1 is 1.40 bits per heavy atom. The Morgan fingerprint density at radius 2 is 2.15 bits per heavy atom. The van der Waals surface area contributed by atoms with E-state index in [1.165, 1.54) is 12.1 Å². The SMILES string of the molecule is N#Cc1ccc(S(=O)(=O)NCCCN2CCOCC2)s1. The Hall–Kier alpha value is -0.980. The summed E-state index contributed by atoms with van der Waals surface area (Å²) < 4.78 is 32.0. The van der Waals surface area contributed by atoms with Crippen molar-refractivity contribution in [2.75, 3.05) is 39.4 Å². The highest BCUT2D eigenvalue weighted by Crippen LogP contribution is 2.20. The van der Waals surface area contributed by atoms with Crippen molar-refractivity contribution >= 4 is 21.4 Å². The Labute approximate surface area is 123 Å². The van der Waals surface area contributed by atoms with Crippen LogP contribution in [0.5, 0.6) is 0 Å². The second-order valence-corrected chi connectivity index (χ2v) is 7.51. The van der Waals surface area contributed by atoms with Gasteiger partial charge in [0.2, 0.25) is 10.0 Å². The largest absolute Gasteiger partial charge is 0.379 e. The van der Waals surface area contributed by atoms with Crippen LogP contribution in [0.15, 0.2) is 16.3 Å². The van der Waals surface area contributed by atoms with Crippen molar-refractivity contribution in [3.05, 3.63) is 17.0 Å². The van der Waals surface area contributed by atoms with E-state index in [2.05, 4.69) is 9.62 Å². The molecule has 8 heteroatoms. The summed E-state index contributed by atoms with van der Waals surface area (Å²) in [4.78, 5) is 2.66. The summed E-state index contributed by atoms with van der Waals surface area (Å²) in [6, 6.07) is 4.92. The predicted molar refractivity (Wildman–Crippen MR) is 76.1 cm³/mol. The Balaban J connectivity index is 1.76. The van der Waals surface area contributed by atoms with Gasteiger partial charge in [-0.25, -0.2) is 13.1 Å². The lowest BCUT2D eigenvalue weighted by Crippen LogP contribution is -2.38. The fourth-order valence-corrected chi connectivity index (χ4v) is 4.15. The van der Waals surface area contributed by atoms with Crippen molar-refractivity contribution in [3.8, 4) is 6.07 Å². The molecule has 6 nitrogen and oxygen atoms in total. The van der Waals surface area contributed by atoms with Crippen molar-refractivity contribution in [3.63, 3.8) is 0 Å². The highest BCUT2D eigenvalue weighted by Gasteiger charge is 2.16. The van der Waals surface area contributed by atoms with Crippen LogP contribution in [0.3, 0.4) is 0 Å². The molecule has 2 rings (SSSR count). The van der Waals surface area contributed by atoms with Crippen LogP contribution in [0.4, 0.5) is 0 Å². The third-order valence-electron chi connectivity index (χ3n) is 3.00. The fraction of sp³-hybridized carbons (Fsp3) is 0.583. The zero-order valence-electron chi connectivity index (χ0n) is 11.0. The molecule has 0 unspecified atom stereocenters. The minimum atomic E-state index is -3.48. The number of sulfonamides is 1. The molecule has 1 aliphatic heterocycles. The molecule has 1 fully saturated rings. The van der Waals surface area contributed by atoms with E-state index in [1.54, 1.807) is 0 Å². The van der Waals surface area contributed by atoms with E-state index in [0.717, 1.165) is 50.6 Å². The van der Waals surface area contributed by atoms with Gasteiger partial charge in [0.15, 0.2) is 0 Å². The second kappa shape index (κ2) is 7.15. The molecule has 1 aliphatic rings. The molecule has 0 radical (unpaired) electrons. The van der Waals surface area contributed by atoms with Crippen LogP contribution in [0.1, 0.15) is 11.3 Å². The molecule has 0 spiro atoms. The van der Waals surface area contributed by atoms with E-state index >= 15 is 0 Å². The molecule has 0 aliphatic carbocycles. The molecule has 20 heavy (non-hydrogen) atoms. The summed E-state index contributed by atoms with van der Waals surface area (Å²) in [5.41, 5.74) is 0. The van der Waals surface area contributed by atoms with E-state index in [1.807, 2.05) is 6.07 Å². The molecule has 110 valence electrons. The average molecular weight is 315 g/mol. The minimum Gasteiger partial charge on any atom is -0.379 e. The first-order chi connectivity index (χ1) is 9.62. The molecule has 0 aromatic carbocycles. The summed E-state index contributed by atoms with van der Waals surface area (Å²) >= 11 is 0.987. The number of thiophene rings is 1. The first-order valence-electron chi connectivity index (χ1n) is 6.41. The second-order valence-electron chi connectivity index (χ2n) is 4.44. The number of hydrogen-bond donors (Lipinski definition) is 1. The lowest BCUT2D eigenvalue weighted by Gasteiger charge is -2.26. The van der Waals surface area contributed by atoms with Crippen LogP contribution in [-0.2, 0) is 14.8 Å². The number of ether oxygens (including phenoxy) is 1. The zero-order valence-corrected chi connectivity index (χ0v) is 12.7. The van der Waals surface area contributed by atoms with Crippen molar-refractivity contribution in [1.82, 2.24) is 9.62 Å². The number of nitrogens with zero attached hydrogens (tertiary/aromatic N) is 2. The van der Waals surface area contributed by atoms with Gasteiger partial charge < -0.3 is 4.74 Å². The summed E-state index contributed by atoms with van der Waals surface area (Å²) in [6.45, 7) is 4.57. The third kappa shape index (κ3) is 4.26. The molecule has 2 heterocycles. The van der Waals surface area contributed by atoms with Gasteiger partial charge in [0.05, 0.1) is 13.2 Å². The van der Waals surface area contributed by atoms with Gasteiger partial charge in [-0.2, -0.15) is 5.26 Å². The standard InChI is InChI=1S/C12H17N3O3S2/c13-10-11-2-3-12(19-11)20(16,17)14-4-1-5-15-6-8-18-9-7-15/h2-3,14H,1,4-9H2. The van der Waals surface area contributed by atoms with Gasteiger partial charge in [-0.15, -0.1) is 11.3 Å². The van der Waals surface area contributed by atoms with Crippen LogP contribution in [0.2, 0.25) is 0 Å². The monoisotopic (exact) mass is 315 g/mol. The van der Waals surface area contributed by atoms with E-state index < -0.39 is 10.0 Å². The number of rotatable bonds is 6. The van der Waals surface area contributed by atoms with Gasteiger partial charge in [0.1, 0.15) is 15.2 Å². The van der Waals surface area contributed by atoms with E-state index in [0.29, 0.717) is 11.4 Å². The lowest BCUT2D eigenvalue weighted by atomic mass is 10.3. The van der Waals surface area contributed by atoms with Crippen LogP contribution in [0, 0.1) is 11.3 Å². The molecule has 0 bridgehead atoms. The summed E-state index contributed by atoms with van der Waals surface area (Å²) in [6.07, 6.45) is 0.760. The van der Waals surface area contributed by atoms with Crippen molar-refractivity contribution in [1.29, 1.82) is 5.26 Å². The molecule has 0 saturated carbocycles. The number of nitriles is 1. The average Bonchev–Trinajstić information content (AvgIpc) is 2.95. The maximum atomic E-state index is 12.0. The Morgan fingerprint density at radius 3 is 2.80 bits per heavy atom. The maximum absolute atomic E-state index is 12.0. The van der Waals surface area contributed by atoms with Crippen LogP contribution in [0.25, 0.3) is 0 Å². The quantitative estimate of drug-likeness (QED) is 0.778. The molecule has 0 atom stereocenters. The number of nitrogens with one attached hydrogen (secondary N) is 1. The first kappa shape index (κ1) is 15.4. The van der Waals surface area contributed by atoms with E-state index in [4.69, 9.17) is 10.00 Å². The predicted octanol–water partition coefficient (Wildman–Crippen LogP) is 0.620. The third-order valence-corrected chi connectivity index (χ3v) is 5.95. The van der Waals surface area contributed by atoms with Crippen LogP contribution < -0.4 is 4.72 Å². The molecular formula is C12H17N3O3S2. The Kier molecular flexibility index (Phi) is 5.51. The van der Waals surface area contributed by atoms with Crippen molar-refractivity contribution < 1.29 is 13.2 Å². The van der Waals surface area contributed by atoms with Crippen molar-refractivity contribution in [2.45, 2.75) is 10.6 Å². The molecule has 1 N–H and O–H groups in total. The van der Waals surface area contributed by atoms with Crippen LogP contribution in [-0.4, -0.2) is 52.7 Å². The minimum absolute atomic E-state index is 0.195. The van der Waals surface area contributed by atoms with Gasteiger partial charge in [-0.3, -0.25) is 4.90 Å². The zero-order chi connectivity index (χ0) is 14.4. The first-order valence-corrected chi connectivity index (χ1v) is 8.71. The van der Waals surface area contributed by atoms with Gasteiger partial charge in [-0.05, 0) is 25.1 Å². The molecule has 0 amide bonds. The van der Waals surface area contributed by atoms with Gasteiger partial charge in [-0.1, -0.05) is 0 Å². The lowest BCUT2D eigenvalue weighted by molar-refractivity contribution is 0.0376. The smallest absolute Gasteiger partial charge is 0.250 e. The molecule has 1 saturated heterocycles. The van der Waals surface area contributed by atoms with Gasteiger partial charge in [0, 0.05) is 19.6 Å². The molecule has 1 aromatic heterocycles.